The molecular formula is C17H17NO2. The highest BCUT2D eigenvalue weighted by Crippen LogP contribution is 2.23. The first-order valence-electron chi connectivity index (χ1n) is 6.62. The first-order valence-corrected chi connectivity index (χ1v) is 6.62. The summed E-state index contributed by atoms with van der Waals surface area (Å²) in [5, 5.41) is 10.4. The summed E-state index contributed by atoms with van der Waals surface area (Å²) in [6.45, 7) is 0.818. The van der Waals surface area contributed by atoms with Crippen LogP contribution in [0.2, 0.25) is 0 Å². The number of aliphatic hydroxyl groups is 1. The van der Waals surface area contributed by atoms with E-state index in [1.165, 1.54) is 5.39 Å². The highest BCUT2D eigenvalue weighted by Gasteiger charge is 2.06. The molecule has 102 valence electrons. The standard InChI is InChI=1S/C17H17NO2/c1-20-17-5-3-2-4-15(17)11-18-9-8-14-7-6-13(12-19)10-16(14)18/h2-10,19H,11-12H2,1H3. The number of nitrogens with zero attached hydrogens (tertiary/aromatic N) is 1. The van der Waals surface area contributed by atoms with Gasteiger partial charge in [0.15, 0.2) is 0 Å². The summed E-state index contributed by atoms with van der Waals surface area (Å²) in [5.41, 5.74) is 3.20. The zero-order valence-electron chi connectivity index (χ0n) is 11.4. The molecule has 3 heteroatoms. The lowest BCUT2D eigenvalue weighted by Gasteiger charge is -2.10. The Morgan fingerprint density at radius 2 is 1.95 bits per heavy atom. The van der Waals surface area contributed by atoms with Gasteiger partial charge in [0.1, 0.15) is 5.75 Å². The van der Waals surface area contributed by atoms with Crippen LogP contribution in [0.15, 0.2) is 54.7 Å². The maximum absolute atomic E-state index is 9.27. The number of hydrogen-bond acceptors (Lipinski definition) is 2. The highest BCUT2D eigenvalue weighted by molar-refractivity contribution is 5.81. The summed E-state index contributed by atoms with van der Waals surface area (Å²) in [5.74, 6) is 0.896. The van der Waals surface area contributed by atoms with Crippen molar-refractivity contribution in [2.75, 3.05) is 7.11 Å². The molecule has 0 radical (unpaired) electrons. The SMILES string of the molecule is COc1ccccc1Cn1ccc2ccc(CO)cc21. The molecule has 1 aromatic heterocycles. The molecular weight excluding hydrogens is 250 g/mol. The lowest BCUT2D eigenvalue weighted by atomic mass is 10.1. The summed E-state index contributed by atoms with van der Waals surface area (Å²) in [6.07, 6.45) is 2.07. The normalized spacial score (nSPS) is 10.9. The van der Waals surface area contributed by atoms with Crippen LogP contribution in [0.25, 0.3) is 10.9 Å². The van der Waals surface area contributed by atoms with Crippen LogP contribution in [0, 0.1) is 0 Å². The van der Waals surface area contributed by atoms with Gasteiger partial charge in [-0.25, -0.2) is 0 Å². The smallest absolute Gasteiger partial charge is 0.123 e. The van der Waals surface area contributed by atoms with Gasteiger partial charge in [-0.3, -0.25) is 0 Å². The minimum Gasteiger partial charge on any atom is -0.496 e. The summed E-state index contributed by atoms with van der Waals surface area (Å²) < 4.78 is 7.57. The molecule has 0 saturated heterocycles. The fraction of sp³-hybridized carbons (Fsp3) is 0.176. The molecule has 0 amide bonds. The van der Waals surface area contributed by atoms with E-state index in [0.29, 0.717) is 0 Å². The van der Waals surface area contributed by atoms with Crippen molar-refractivity contribution >= 4 is 10.9 Å². The molecule has 0 aliphatic carbocycles. The molecule has 0 bridgehead atoms. The first kappa shape index (κ1) is 12.8. The minimum atomic E-state index is 0.0653. The second-order valence-corrected chi connectivity index (χ2v) is 4.81. The van der Waals surface area contributed by atoms with Gasteiger partial charge in [0.05, 0.1) is 20.3 Å². The van der Waals surface area contributed by atoms with Gasteiger partial charge < -0.3 is 14.4 Å². The molecule has 20 heavy (non-hydrogen) atoms. The fourth-order valence-electron chi connectivity index (χ4n) is 2.48. The maximum atomic E-state index is 9.27. The number of fused-ring (bicyclic) bond motifs is 1. The number of benzene rings is 2. The van der Waals surface area contributed by atoms with Gasteiger partial charge >= 0.3 is 0 Å². The summed E-state index contributed by atoms with van der Waals surface area (Å²) in [7, 11) is 1.69. The molecule has 0 aliphatic heterocycles. The molecule has 0 saturated carbocycles. The number of ether oxygens (including phenoxy) is 1. The van der Waals surface area contributed by atoms with Gasteiger partial charge in [0, 0.05) is 17.3 Å². The zero-order chi connectivity index (χ0) is 13.9. The van der Waals surface area contributed by atoms with Crippen molar-refractivity contribution in [2.24, 2.45) is 0 Å². The predicted octanol–water partition coefficient (Wildman–Crippen LogP) is 3.19. The fourth-order valence-corrected chi connectivity index (χ4v) is 2.48. The average molecular weight is 267 g/mol. The van der Waals surface area contributed by atoms with Crippen LogP contribution in [-0.4, -0.2) is 16.8 Å². The molecule has 1 N–H and O–H groups in total. The van der Waals surface area contributed by atoms with Gasteiger partial charge in [-0.05, 0) is 29.1 Å². The molecule has 3 nitrogen and oxygen atoms in total. The Morgan fingerprint density at radius 3 is 2.75 bits per heavy atom. The quantitative estimate of drug-likeness (QED) is 0.787. The van der Waals surface area contributed by atoms with E-state index in [-0.39, 0.29) is 6.61 Å². The Balaban J connectivity index is 2.02. The average Bonchev–Trinajstić information content (AvgIpc) is 2.90. The maximum Gasteiger partial charge on any atom is 0.123 e. The number of aromatic nitrogens is 1. The zero-order valence-corrected chi connectivity index (χ0v) is 11.4. The first-order chi connectivity index (χ1) is 9.81. The van der Waals surface area contributed by atoms with Gasteiger partial charge in [0.2, 0.25) is 0 Å². The van der Waals surface area contributed by atoms with E-state index in [0.717, 1.165) is 28.9 Å². The highest BCUT2D eigenvalue weighted by atomic mass is 16.5. The van der Waals surface area contributed by atoms with Gasteiger partial charge in [-0.1, -0.05) is 30.3 Å². The second kappa shape index (κ2) is 5.39. The Bertz CT molecular complexity index is 731. The number of para-hydroxylation sites is 1. The van der Waals surface area contributed by atoms with Crippen molar-refractivity contribution in [2.45, 2.75) is 13.2 Å². The third kappa shape index (κ3) is 2.28. The molecule has 1 heterocycles. The van der Waals surface area contributed by atoms with Crippen molar-refractivity contribution < 1.29 is 9.84 Å². The second-order valence-electron chi connectivity index (χ2n) is 4.81. The largest absolute Gasteiger partial charge is 0.496 e. The minimum absolute atomic E-state index is 0.0653. The molecule has 0 unspecified atom stereocenters. The van der Waals surface area contributed by atoms with E-state index in [2.05, 4.69) is 22.9 Å². The Labute approximate surface area is 118 Å². The van der Waals surface area contributed by atoms with Crippen molar-refractivity contribution in [1.29, 1.82) is 0 Å². The van der Waals surface area contributed by atoms with E-state index >= 15 is 0 Å². The molecule has 0 spiro atoms. The van der Waals surface area contributed by atoms with E-state index in [9.17, 15) is 5.11 Å². The van der Waals surface area contributed by atoms with Crippen molar-refractivity contribution in [3.05, 3.63) is 65.9 Å². The van der Waals surface area contributed by atoms with Crippen LogP contribution in [-0.2, 0) is 13.2 Å². The summed E-state index contributed by atoms with van der Waals surface area (Å²) in [4.78, 5) is 0. The van der Waals surface area contributed by atoms with E-state index in [1.807, 2.05) is 36.4 Å². The van der Waals surface area contributed by atoms with Crippen LogP contribution < -0.4 is 4.74 Å². The number of methoxy groups -OCH3 is 1. The monoisotopic (exact) mass is 267 g/mol. The van der Waals surface area contributed by atoms with Crippen molar-refractivity contribution in [3.63, 3.8) is 0 Å². The van der Waals surface area contributed by atoms with Crippen LogP contribution >= 0.6 is 0 Å². The van der Waals surface area contributed by atoms with Gasteiger partial charge in [-0.15, -0.1) is 0 Å². The molecule has 0 atom stereocenters. The number of hydrogen-bond donors (Lipinski definition) is 1. The Morgan fingerprint density at radius 1 is 1.10 bits per heavy atom. The lowest BCUT2D eigenvalue weighted by Crippen LogP contribution is -2.00. The van der Waals surface area contributed by atoms with Crippen molar-refractivity contribution in [3.8, 4) is 5.75 Å². The molecule has 2 aromatic carbocycles. The van der Waals surface area contributed by atoms with Gasteiger partial charge in [0.25, 0.3) is 0 Å². The number of rotatable bonds is 4. The lowest BCUT2D eigenvalue weighted by molar-refractivity contribution is 0.282. The predicted molar refractivity (Wildman–Crippen MR) is 80.0 cm³/mol. The Kier molecular flexibility index (Phi) is 3.44. The summed E-state index contributed by atoms with van der Waals surface area (Å²) in [6, 6.07) is 16.1. The third-order valence-electron chi connectivity index (χ3n) is 3.55. The van der Waals surface area contributed by atoms with E-state index < -0.39 is 0 Å². The van der Waals surface area contributed by atoms with Crippen molar-refractivity contribution in [1.82, 2.24) is 4.57 Å². The van der Waals surface area contributed by atoms with Crippen LogP contribution in [0.4, 0.5) is 0 Å². The molecule has 3 aromatic rings. The molecule has 0 aliphatic rings. The third-order valence-corrected chi connectivity index (χ3v) is 3.55. The summed E-state index contributed by atoms with van der Waals surface area (Å²) >= 11 is 0. The Hall–Kier alpha value is -2.26. The molecule has 3 rings (SSSR count). The van der Waals surface area contributed by atoms with Crippen LogP contribution in [0.3, 0.4) is 0 Å². The van der Waals surface area contributed by atoms with Crippen LogP contribution in [0.1, 0.15) is 11.1 Å². The van der Waals surface area contributed by atoms with E-state index in [1.54, 1.807) is 7.11 Å². The van der Waals surface area contributed by atoms with E-state index in [4.69, 9.17) is 4.74 Å². The van der Waals surface area contributed by atoms with Gasteiger partial charge in [-0.2, -0.15) is 0 Å². The molecule has 0 fully saturated rings. The number of aliphatic hydroxyl groups excluding tert-OH is 1. The topological polar surface area (TPSA) is 34.4 Å². The van der Waals surface area contributed by atoms with Crippen LogP contribution in [0.5, 0.6) is 5.75 Å².